The summed E-state index contributed by atoms with van der Waals surface area (Å²) in [6.45, 7) is 8.73. The minimum absolute atomic E-state index is 0.0822. The summed E-state index contributed by atoms with van der Waals surface area (Å²) in [6, 6.07) is 19.7. The molecular weight excluding hydrogens is 534 g/mol. The zero-order chi connectivity index (χ0) is 28.7. The Morgan fingerprint density at radius 3 is 2.23 bits per heavy atom. The molecule has 1 atom stereocenters. The minimum atomic E-state index is -4.11. The molecule has 0 unspecified atom stereocenters. The lowest BCUT2D eigenvalue weighted by Gasteiger charge is -2.33. The molecule has 0 bridgehead atoms. The molecule has 9 heteroatoms. The van der Waals surface area contributed by atoms with Gasteiger partial charge in [-0.05, 0) is 75.6 Å². The SMILES string of the molecule is CCc1ccccc1N(CC(=O)N(Cc1cccc(Cl)c1)[C@H](C)C(=O)NC(C)C)S(=O)(=O)c1ccc(C)cc1. The summed E-state index contributed by atoms with van der Waals surface area (Å²) in [6.07, 6.45) is 0.573. The number of para-hydroxylation sites is 1. The van der Waals surface area contributed by atoms with Gasteiger partial charge in [0, 0.05) is 17.6 Å². The van der Waals surface area contributed by atoms with Gasteiger partial charge in [0.05, 0.1) is 10.6 Å². The van der Waals surface area contributed by atoms with E-state index in [0.29, 0.717) is 17.1 Å². The summed E-state index contributed by atoms with van der Waals surface area (Å²) in [5.74, 6) is -0.842. The van der Waals surface area contributed by atoms with E-state index in [0.717, 1.165) is 21.0 Å². The van der Waals surface area contributed by atoms with Gasteiger partial charge in [0.2, 0.25) is 11.8 Å². The lowest BCUT2D eigenvalue weighted by molar-refractivity contribution is -0.139. The Kier molecular flexibility index (Phi) is 10.2. The number of amides is 2. The van der Waals surface area contributed by atoms with Crippen LogP contribution in [0.4, 0.5) is 5.69 Å². The van der Waals surface area contributed by atoms with Crippen molar-refractivity contribution >= 4 is 39.1 Å². The highest BCUT2D eigenvalue weighted by molar-refractivity contribution is 7.92. The first-order valence-electron chi connectivity index (χ1n) is 13.0. The summed E-state index contributed by atoms with van der Waals surface area (Å²) < 4.78 is 29.1. The van der Waals surface area contributed by atoms with E-state index in [1.807, 2.05) is 45.9 Å². The third kappa shape index (κ3) is 7.61. The van der Waals surface area contributed by atoms with Crippen molar-refractivity contribution in [2.24, 2.45) is 0 Å². The van der Waals surface area contributed by atoms with Crippen LogP contribution in [-0.4, -0.2) is 43.8 Å². The van der Waals surface area contributed by atoms with Crippen molar-refractivity contribution in [1.82, 2.24) is 10.2 Å². The predicted octanol–water partition coefficient (Wildman–Crippen LogP) is 5.35. The molecule has 0 aromatic heterocycles. The van der Waals surface area contributed by atoms with Gasteiger partial charge in [-0.3, -0.25) is 13.9 Å². The number of rotatable bonds is 11. The van der Waals surface area contributed by atoms with Crippen molar-refractivity contribution in [3.63, 3.8) is 0 Å². The van der Waals surface area contributed by atoms with Crippen LogP contribution in [0.15, 0.2) is 77.7 Å². The van der Waals surface area contributed by atoms with Gasteiger partial charge < -0.3 is 10.2 Å². The highest BCUT2D eigenvalue weighted by Crippen LogP contribution is 2.28. The molecular formula is C30H36ClN3O4S. The maximum Gasteiger partial charge on any atom is 0.264 e. The standard InChI is InChI=1S/C30H36ClN3O4S/c1-6-25-11-7-8-13-28(25)34(39(37,38)27-16-14-22(4)15-17-27)20-29(35)33(23(5)30(36)32-21(2)3)19-24-10-9-12-26(31)18-24/h7-18,21,23H,6,19-20H2,1-5H3,(H,32,36)/t23-/m1/s1. The maximum atomic E-state index is 14.0. The van der Waals surface area contributed by atoms with Crippen LogP contribution in [0.5, 0.6) is 0 Å². The van der Waals surface area contributed by atoms with Crippen molar-refractivity contribution in [3.05, 3.63) is 94.5 Å². The van der Waals surface area contributed by atoms with E-state index in [9.17, 15) is 18.0 Å². The summed E-state index contributed by atoms with van der Waals surface area (Å²) in [5, 5.41) is 3.35. The molecule has 0 aliphatic carbocycles. The van der Waals surface area contributed by atoms with Crippen molar-refractivity contribution in [2.75, 3.05) is 10.8 Å². The Morgan fingerprint density at radius 2 is 1.62 bits per heavy atom. The minimum Gasteiger partial charge on any atom is -0.352 e. The van der Waals surface area contributed by atoms with Crippen molar-refractivity contribution in [2.45, 2.75) is 64.6 Å². The monoisotopic (exact) mass is 569 g/mol. The Morgan fingerprint density at radius 1 is 0.949 bits per heavy atom. The van der Waals surface area contributed by atoms with Crippen LogP contribution in [0.2, 0.25) is 5.02 Å². The van der Waals surface area contributed by atoms with Gasteiger partial charge in [-0.15, -0.1) is 0 Å². The summed E-state index contributed by atoms with van der Waals surface area (Å²) in [5.41, 5.74) is 2.86. The number of nitrogens with one attached hydrogen (secondary N) is 1. The molecule has 0 heterocycles. The number of nitrogens with zero attached hydrogens (tertiary/aromatic N) is 2. The van der Waals surface area contributed by atoms with Crippen LogP contribution in [0.25, 0.3) is 0 Å². The molecule has 1 N–H and O–H groups in total. The first-order chi connectivity index (χ1) is 18.4. The highest BCUT2D eigenvalue weighted by Gasteiger charge is 2.33. The van der Waals surface area contributed by atoms with Crippen molar-refractivity contribution in [3.8, 4) is 0 Å². The van der Waals surface area contributed by atoms with Gasteiger partial charge in [0.15, 0.2) is 0 Å². The summed E-state index contributed by atoms with van der Waals surface area (Å²) in [7, 11) is -4.11. The van der Waals surface area contributed by atoms with E-state index in [1.165, 1.54) is 4.90 Å². The van der Waals surface area contributed by atoms with E-state index in [-0.39, 0.29) is 23.4 Å². The van der Waals surface area contributed by atoms with E-state index in [1.54, 1.807) is 61.5 Å². The second-order valence-corrected chi connectivity index (χ2v) is 12.1. The van der Waals surface area contributed by atoms with Crippen LogP contribution >= 0.6 is 11.6 Å². The molecule has 0 saturated carbocycles. The lowest BCUT2D eigenvalue weighted by atomic mass is 10.1. The van der Waals surface area contributed by atoms with E-state index in [4.69, 9.17) is 11.6 Å². The molecule has 0 spiro atoms. The lowest BCUT2D eigenvalue weighted by Crippen LogP contribution is -2.52. The number of carbonyl (C=O) groups is 2. The topological polar surface area (TPSA) is 86.8 Å². The van der Waals surface area contributed by atoms with Crippen LogP contribution in [0.3, 0.4) is 0 Å². The van der Waals surface area contributed by atoms with E-state index >= 15 is 0 Å². The van der Waals surface area contributed by atoms with Crippen LogP contribution < -0.4 is 9.62 Å². The largest absolute Gasteiger partial charge is 0.352 e. The zero-order valence-corrected chi connectivity index (χ0v) is 24.6. The number of aryl methyl sites for hydroxylation is 2. The number of carbonyl (C=O) groups excluding carboxylic acids is 2. The third-order valence-corrected chi connectivity index (χ3v) is 8.38. The number of hydrogen-bond acceptors (Lipinski definition) is 4. The zero-order valence-electron chi connectivity index (χ0n) is 23.0. The molecule has 3 aromatic carbocycles. The molecule has 0 radical (unpaired) electrons. The molecule has 39 heavy (non-hydrogen) atoms. The maximum absolute atomic E-state index is 14.0. The summed E-state index contributed by atoms with van der Waals surface area (Å²) >= 11 is 6.19. The predicted molar refractivity (Wildman–Crippen MR) is 156 cm³/mol. The quantitative estimate of drug-likeness (QED) is 0.337. The molecule has 0 saturated heterocycles. The number of anilines is 1. The Labute approximate surface area is 236 Å². The van der Waals surface area contributed by atoms with Crippen LogP contribution in [0, 0.1) is 6.92 Å². The molecule has 3 rings (SSSR count). The van der Waals surface area contributed by atoms with Crippen LogP contribution in [0.1, 0.15) is 44.4 Å². The van der Waals surface area contributed by atoms with Gasteiger partial charge in [-0.25, -0.2) is 8.42 Å². The molecule has 0 aliphatic rings. The Hall–Kier alpha value is -3.36. The molecule has 7 nitrogen and oxygen atoms in total. The van der Waals surface area contributed by atoms with Crippen molar-refractivity contribution in [1.29, 1.82) is 0 Å². The fourth-order valence-corrected chi connectivity index (χ4v) is 5.89. The van der Waals surface area contributed by atoms with Gasteiger partial charge in [0.1, 0.15) is 12.6 Å². The first-order valence-corrected chi connectivity index (χ1v) is 14.8. The number of benzene rings is 3. The second kappa shape index (κ2) is 13.1. The van der Waals surface area contributed by atoms with Gasteiger partial charge >= 0.3 is 0 Å². The average molecular weight is 570 g/mol. The number of halogens is 1. The fourth-order valence-electron chi connectivity index (χ4n) is 4.22. The summed E-state index contributed by atoms with van der Waals surface area (Å²) in [4.78, 5) is 28.5. The average Bonchev–Trinajstić information content (AvgIpc) is 2.89. The highest BCUT2D eigenvalue weighted by atomic mass is 35.5. The normalized spacial score (nSPS) is 12.2. The van der Waals surface area contributed by atoms with Crippen LogP contribution in [-0.2, 0) is 32.6 Å². The fraction of sp³-hybridized carbons (Fsp3) is 0.333. The van der Waals surface area contributed by atoms with Gasteiger partial charge in [-0.2, -0.15) is 0 Å². The molecule has 3 aromatic rings. The number of sulfonamides is 1. The smallest absolute Gasteiger partial charge is 0.264 e. The Bertz CT molecular complexity index is 1410. The van der Waals surface area contributed by atoms with E-state index in [2.05, 4.69) is 5.32 Å². The van der Waals surface area contributed by atoms with Gasteiger partial charge in [-0.1, -0.05) is 66.6 Å². The Balaban J connectivity index is 2.07. The molecule has 208 valence electrons. The first kappa shape index (κ1) is 30.2. The molecule has 2 amide bonds. The van der Waals surface area contributed by atoms with E-state index < -0.39 is 28.5 Å². The van der Waals surface area contributed by atoms with Crippen molar-refractivity contribution < 1.29 is 18.0 Å². The van der Waals surface area contributed by atoms with Gasteiger partial charge in [0.25, 0.3) is 10.0 Å². The third-order valence-electron chi connectivity index (χ3n) is 6.37. The number of hydrogen-bond donors (Lipinski definition) is 1. The molecule has 0 fully saturated rings. The molecule has 0 aliphatic heterocycles. The second-order valence-electron chi connectivity index (χ2n) is 9.80.